The van der Waals surface area contributed by atoms with Gasteiger partial charge in [0.25, 0.3) is 0 Å². The molecule has 5 nitrogen and oxygen atoms in total. The number of hydrogen-bond donors (Lipinski definition) is 0. The van der Waals surface area contributed by atoms with Crippen LogP contribution >= 0.6 is 24.0 Å². The van der Waals surface area contributed by atoms with Crippen LogP contribution in [0, 0.1) is 0 Å². The predicted molar refractivity (Wildman–Crippen MR) is 95.0 cm³/mol. The Balaban J connectivity index is 1.89. The number of hydrogen-bond acceptors (Lipinski definition) is 5. The number of thioether (sulfide) groups is 1. The van der Waals surface area contributed by atoms with Gasteiger partial charge in [-0.1, -0.05) is 24.0 Å². The molecule has 2 heterocycles. The van der Waals surface area contributed by atoms with E-state index in [2.05, 4.69) is 30.6 Å². The highest BCUT2D eigenvalue weighted by Gasteiger charge is 2.35. The lowest BCUT2D eigenvalue weighted by molar-refractivity contribution is 0.0558. The van der Waals surface area contributed by atoms with Gasteiger partial charge in [-0.2, -0.15) is 0 Å². The number of rotatable bonds is 2. The standard InChI is InChI=1S/C15H27N3O2S2/c1-5-20-13(19)16-8-6-12(7-9-16)17-10-18(15(2,3)4)14(21)22-11-17/h12H,5-11H2,1-4H3. The molecule has 0 atom stereocenters. The average molecular weight is 346 g/mol. The van der Waals surface area contributed by atoms with Crippen LogP contribution < -0.4 is 0 Å². The van der Waals surface area contributed by atoms with Gasteiger partial charge in [-0.05, 0) is 40.5 Å². The van der Waals surface area contributed by atoms with Gasteiger partial charge >= 0.3 is 6.09 Å². The molecule has 2 fully saturated rings. The van der Waals surface area contributed by atoms with Gasteiger partial charge < -0.3 is 14.5 Å². The van der Waals surface area contributed by atoms with E-state index in [-0.39, 0.29) is 11.6 Å². The molecule has 0 aliphatic carbocycles. The molecule has 2 saturated heterocycles. The molecule has 0 aromatic rings. The molecule has 7 heteroatoms. The summed E-state index contributed by atoms with van der Waals surface area (Å²) >= 11 is 7.25. The smallest absolute Gasteiger partial charge is 0.409 e. The van der Waals surface area contributed by atoms with Gasteiger partial charge in [-0.25, -0.2) is 4.79 Å². The van der Waals surface area contributed by atoms with Gasteiger partial charge in [0.1, 0.15) is 4.32 Å². The zero-order valence-corrected chi connectivity index (χ0v) is 15.6. The van der Waals surface area contributed by atoms with Crippen LogP contribution in [0.5, 0.6) is 0 Å². The summed E-state index contributed by atoms with van der Waals surface area (Å²) in [4.78, 5) is 18.4. The van der Waals surface area contributed by atoms with Gasteiger partial charge in [-0.3, -0.25) is 4.90 Å². The minimum Gasteiger partial charge on any atom is -0.450 e. The second-order valence-corrected chi connectivity index (χ2v) is 8.36. The highest BCUT2D eigenvalue weighted by atomic mass is 32.2. The molecule has 2 aliphatic rings. The SMILES string of the molecule is CCOC(=O)N1CCC(N2CSC(=S)N(C(C)(C)C)C2)CC1. The fourth-order valence-electron chi connectivity index (χ4n) is 2.83. The molecule has 0 aromatic heterocycles. The Labute approximate surface area is 143 Å². The molecule has 0 radical (unpaired) electrons. The highest BCUT2D eigenvalue weighted by Crippen LogP contribution is 2.29. The molecule has 126 valence electrons. The average Bonchev–Trinajstić information content (AvgIpc) is 2.47. The Morgan fingerprint density at radius 2 is 2.00 bits per heavy atom. The first kappa shape index (κ1) is 17.8. The molecule has 0 saturated carbocycles. The van der Waals surface area contributed by atoms with E-state index in [9.17, 15) is 4.79 Å². The van der Waals surface area contributed by atoms with Gasteiger partial charge in [0.05, 0.1) is 19.2 Å². The minimum atomic E-state index is -0.175. The number of thiocarbonyl (C=S) groups is 1. The molecule has 0 spiro atoms. The monoisotopic (exact) mass is 345 g/mol. The minimum absolute atomic E-state index is 0.0500. The number of likely N-dealkylation sites (tertiary alicyclic amines) is 1. The summed E-state index contributed by atoms with van der Waals surface area (Å²) in [5, 5.41) is 0. The summed E-state index contributed by atoms with van der Waals surface area (Å²) in [5.74, 6) is 0.954. The van der Waals surface area contributed by atoms with Crippen LogP contribution in [-0.2, 0) is 4.74 Å². The first-order chi connectivity index (χ1) is 10.3. The Bertz CT molecular complexity index is 418. The fourth-order valence-corrected chi connectivity index (χ4v) is 4.38. The van der Waals surface area contributed by atoms with Crippen LogP contribution in [0.25, 0.3) is 0 Å². The maximum Gasteiger partial charge on any atom is 0.409 e. The highest BCUT2D eigenvalue weighted by molar-refractivity contribution is 8.22. The van der Waals surface area contributed by atoms with Crippen molar-refractivity contribution in [3.8, 4) is 0 Å². The maximum atomic E-state index is 11.8. The topological polar surface area (TPSA) is 36.0 Å². The van der Waals surface area contributed by atoms with Gasteiger partial charge in [0.15, 0.2) is 0 Å². The van der Waals surface area contributed by atoms with Crippen molar-refractivity contribution in [2.75, 3.05) is 32.2 Å². The van der Waals surface area contributed by atoms with Crippen molar-refractivity contribution in [3.63, 3.8) is 0 Å². The van der Waals surface area contributed by atoms with E-state index in [0.29, 0.717) is 12.6 Å². The molecule has 2 rings (SSSR count). The van der Waals surface area contributed by atoms with Crippen molar-refractivity contribution >= 4 is 34.4 Å². The van der Waals surface area contributed by atoms with Crippen LogP contribution in [0.1, 0.15) is 40.5 Å². The Morgan fingerprint density at radius 1 is 1.36 bits per heavy atom. The van der Waals surface area contributed by atoms with E-state index in [1.807, 2.05) is 11.8 Å². The maximum absolute atomic E-state index is 11.8. The van der Waals surface area contributed by atoms with Crippen molar-refractivity contribution in [2.24, 2.45) is 0 Å². The van der Waals surface area contributed by atoms with Crippen molar-refractivity contribution in [3.05, 3.63) is 0 Å². The largest absolute Gasteiger partial charge is 0.450 e. The van der Waals surface area contributed by atoms with Crippen LogP contribution in [0.15, 0.2) is 0 Å². The lowest BCUT2D eigenvalue weighted by Gasteiger charge is -2.48. The second-order valence-electron chi connectivity index (χ2n) is 6.79. The van der Waals surface area contributed by atoms with Crippen LogP contribution in [0.4, 0.5) is 4.79 Å². The van der Waals surface area contributed by atoms with Crippen molar-refractivity contribution in [1.29, 1.82) is 0 Å². The van der Waals surface area contributed by atoms with Crippen molar-refractivity contribution in [1.82, 2.24) is 14.7 Å². The van der Waals surface area contributed by atoms with Crippen LogP contribution in [-0.4, -0.2) is 68.9 Å². The summed E-state index contributed by atoms with van der Waals surface area (Å²) in [5.41, 5.74) is 0.0500. The molecule has 0 aromatic carbocycles. The van der Waals surface area contributed by atoms with Gasteiger partial charge in [0, 0.05) is 24.7 Å². The van der Waals surface area contributed by atoms with Crippen LogP contribution in [0.3, 0.4) is 0 Å². The van der Waals surface area contributed by atoms with Gasteiger partial charge in [0.2, 0.25) is 0 Å². The molecular weight excluding hydrogens is 318 g/mol. The third-order valence-electron chi connectivity index (χ3n) is 4.21. The third kappa shape index (κ3) is 4.26. The van der Waals surface area contributed by atoms with E-state index in [4.69, 9.17) is 17.0 Å². The summed E-state index contributed by atoms with van der Waals surface area (Å²) in [7, 11) is 0. The quantitative estimate of drug-likeness (QED) is 0.716. The first-order valence-electron chi connectivity index (χ1n) is 7.93. The van der Waals surface area contributed by atoms with E-state index >= 15 is 0 Å². The number of carbonyl (C=O) groups is 1. The summed E-state index contributed by atoms with van der Waals surface area (Å²) in [6, 6.07) is 0.520. The van der Waals surface area contributed by atoms with Crippen molar-refractivity contribution in [2.45, 2.75) is 52.1 Å². The Hall–Kier alpha value is -0.530. The number of piperidine rings is 1. The third-order valence-corrected chi connectivity index (χ3v) is 5.72. The molecule has 0 bridgehead atoms. The molecule has 0 N–H and O–H groups in total. The normalized spacial score (nSPS) is 22.1. The fraction of sp³-hybridized carbons (Fsp3) is 0.867. The Morgan fingerprint density at radius 3 is 2.55 bits per heavy atom. The first-order valence-corrected chi connectivity index (χ1v) is 9.32. The van der Waals surface area contributed by atoms with Crippen LogP contribution in [0.2, 0.25) is 0 Å². The molecule has 22 heavy (non-hydrogen) atoms. The number of amides is 1. The summed E-state index contributed by atoms with van der Waals surface area (Å²) in [6.07, 6.45) is 1.83. The number of carbonyl (C=O) groups excluding carboxylic acids is 1. The summed E-state index contributed by atoms with van der Waals surface area (Å²) in [6.45, 7) is 11.3. The number of ether oxygens (including phenoxy) is 1. The molecule has 0 unspecified atom stereocenters. The van der Waals surface area contributed by atoms with E-state index < -0.39 is 0 Å². The zero-order chi connectivity index (χ0) is 16.3. The second kappa shape index (κ2) is 7.36. The summed E-state index contributed by atoms with van der Waals surface area (Å²) < 4.78 is 6.08. The van der Waals surface area contributed by atoms with E-state index in [0.717, 1.165) is 42.8 Å². The van der Waals surface area contributed by atoms with E-state index in [1.165, 1.54) is 0 Å². The lowest BCUT2D eigenvalue weighted by Crippen LogP contribution is -2.57. The lowest BCUT2D eigenvalue weighted by atomic mass is 10.0. The molecule has 2 aliphatic heterocycles. The van der Waals surface area contributed by atoms with Gasteiger partial charge in [-0.15, -0.1) is 0 Å². The van der Waals surface area contributed by atoms with E-state index in [1.54, 1.807) is 11.8 Å². The predicted octanol–water partition coefficient (Wildman–Crippen LogP) is 2.96. The zero-order valence-electron chi connectivity index (χ0n) is 14.0. The Kier molecular flexibility index (Phi) is 5.96. The molecular formula is C15H27N3O2S2. The molecule has 1 amide bonds. The number of nitrogens with zero attached hydrogens (tertiary/aromatic N) is 3. The van der Waals surface area contributed by atoms with Crippen molar-refractivity contribution < 1.29 is 9.53 Å².